The summed E-state index contributed by atoms with van der Waals surface area (Å²) in [4.78, 5) is 0. The van der Waals surface area contributed by atoms with Crippen LogP contribution in [-0.2, 0) is 6.42 Å². The van der Waals surface area contributed by atoms with Gasteiger partial charge >= 0.3 is 0 Å². The molecule has 0 saturated carbocycles. The molecule has 0 atom stereocenters. The minimum atomic E-state index is 1.15. The first-order valence-corrected chi connectivity index (χ1v) is 6.52. The predicted molar refractivity (Wildman–Crippen MR) is 77.3 cm³/mol. The van der Waals surface area contributed by atoms with Gasteiger partial charge in [0.05, 0.1) is 0 Å². The van der Waals surface area contributed by atoms with Gasteiger partial charge in [-0.05, 0) is 52.0 Å². The molecule has 0 aliphatic heterocycles. The van der Waals surface area contributed by atoms with Gasteiger partial charge in [-0.1, -0.05) is 53.6 Å². The topological polar surface area (TPSA) is 0 Å². The van der Waals surface area contributed by atoms with Gasteiger partial charge in [0.1, 0.15) is 0 Å². The van der Waals surface area contributed by atoms with E-state index in [0.29, 0.717) is 0 Å². The van der Waals surface area contributed by atoms with E-state index in [1.165, 1.54) is 29.5 Å². The van der Waals surface area contributed by atoms with Crippen molar-refractivity contribution in [1.29, 1.82) is 0 Å². The summed E-state index contributed by atoms with van der Waals surface area (Å²) in [5.41, 5.74) is 4.19. The maximum Gasteiger partial charge on any atom is -0.0244 e. The number of benzene rings is 1. The van der Waals surface area contributed by atoms with Gasteiger partial charge in [-0.15, -0.1) is 0 Å². The standard InChI is InChI=1S/C17H24/c1-15(2)9-7-5-4-6-8-10-17-13-11-16(3)12-14-17/h4,6,9,11-14H,5,7-8,10H2,1-3H3/b6-4+. The van der Waals surface area contributed by atoms with E-state index in [0.717, 1.165) is 12.8 Å². The van der Waals surface area contributed by atoms with Crippen molar-refractivity contribution < 1.29 is 0 Å². The van der Waals surface area contributed by atoms with Crippen LogP contribution in [0.15, 0.2) is 48.1 Å². The fourth-order valence-corrected chi connectivity index (χ4v) is 1.71. The first kappa shape index (κ1) is 13.8. The van der Waals surface area contributed by atoms with E-state index in [1.54, 1.807) is 0 Å². The van der Waals surface area contributed by atoms with E-state index >= 15 is 0 Å². The van der Waals surface area contributed by atoms with Gasteiger partial charge in [-0.3, -0.25) is 0 Å². The predicted octanol–water partition coefficient (Wildman–Crippen LogP) is 5.23. The minimum absolute atomic E-state index is 1.15. The van der Waals surface area contributed by atoms with Crippen molar-refractivity contribution in [2.24, 2.45) is 0 Å². The van der Waals surface area contributed by atoms with Crippen LogP contribution in [0.4, 0.5) is 0 Å². The summed E-state index contributed by atoms with van der Waals surface area (Å²) in [5.74, 6) is 0. The van der Waals surface area contributed by atoms with Crippen molar-refractivity contribution >= 4 is 0 Å². The van der Waals surface area contributed by atoms with Crippen LogP contribution in [0, 0.1) is 6.92 Å². The van der Waals surface area contributed by atoms with Crippen molar-refractivity contribution in [1.82, 2.24) is 0 Å². The fraction of sp³-hybridized carbons (Fsp3) is 0.412. The molecular weight excluding hydrogens is 204 g/mol. The van der Waals surface area contributed by atoms with Crippen LogP contribution in [0.25, 0.3) is 0 Å². The molecule has 0 radical (unpaired) electrons. The Labute approximate surface area is 106 Å². The summed E-state index contributed by atoms with van der Waals surface area (Å²) in [6.07, 6.45) is 11.5. The van der Waals surface area contributed by atoms with Gasteiger partial charge in [-0.2, -0.15) is 0 Å². The molecular formula is C17H24. The van der Waals surface area contributed by atoms with Crippen LogP contribution in [0.2, 0.25) is 0 Å². The molecule has 0 nitrogen and oxygen atoms in total. The van der Waals surface area contributed by atoms with Gasteiger partial charge < -0.3 is 0 Å². The van der Waals surface area contributed by atoms with Crippen LogP contribution >= 0.6 is 0 Å². The molecule has 0 amide bonds. The molecule has 1 rings (SSSR count). The van der Waals surface area contributed by atoms with Crippen molar-refractivity contribution in [3.63, 3.8) is 0 Å². The zero-order valence-corrected chi connectivity index (χ0v) is 11.4. The SMILES string of the molecule is CC(C)=CCC/C=C/CCc1ccc(C)cc1. The monoisotopic (exact) mass is 228 g/mol. The minimum Gasteiger partial charge on any atom is -0.0882 e. The molecule has 0 aromatic heterocycles. The second-order valence-electron chi connectivity index (χ2n) is 4.85. The Morgan fingerprint density at radius 2 is 1.59 bits per heavy atom. The lowest BCUT2D eigenvalue weighted by molar-refractivity contribution is 0.972. The average molecular weight is 228 g/mol. The average Bonchev–Trinajstić information content (AvgIpc) is 2.30. The van der Waals surface area contributed by atoms with E-state index in [1.807, 2.05) is 0 Å². The zero-order valence-electron chi connectivity index (χ0n) is 11.4. The van der Waals surface area contributed by atoms with Crippen LogP contribution in [0.3, 0.4) is 0 Å². The lowest BCUT2D eigenvalue weighted by Crippen LogP contribution is -1.83. The van der Waals surface area contributed by atoms with Gasteiger partial charge in [-0.25, -0.2) is 0 Å². The highest BCUT2D eigenvalue weighted by Crippen LogP contribution is 2.06. The molecule has 1 aromatic carbocycles. The molecule has 0 unspecified atom stereocenters. The quantitative estimate of drug-likeness (QED) is 0.462. The molecule has 17 heavy (non-hydrogen) atoms. The Kier molecular flexibility index (Phi) is 6.39. The number of aryl methyl sites for hydroxylation is 2. The Bertz CT molecular complexity index is 362. The molecule has 1 aromatic rings. The number of allylic oxidation sites excluding steroid dienone is 4. The van der Waals surface area contributed by atoms with Crippen LogP contribution < -0.4 is 0 Å². The normalized spacial score (nSPS) is 10.8. The van der Waals surface area contributed by atoms with Gasteiger partial charge in [0.2, 0.25) is 0 Å². The molecule has 0 N–H and O–H groups in total. The Hall–Kier alpha value is -1.30. The second kappa shape index (κ2) is 7.89. The van der Waals surface area contributed by atoms with Crippen LogP contribution in [-0.4, -0.2) is 0 Å². The summed E-state index contributed by atoms with van der Waals surface area (Å²) < 4.78 is 0. The highest BCUT2D eigenvalue weighted by Gasteiger charge is 1.90. The molecule has 0 fully saturated rings. The first-order valence-electron chi connectivity index (χ1n) is 6.52. The van der Waals surface area contributed by atoms with Gasteiger partial charge in [0.15, 0.2) is 0 Å². The number of hydrogen-bond donors (Lipinski definition) is 0. The molecule has 0 saturated heterocycles. The number of rotatable bonds is 6. The molecule has 0 heterocycles. The number of hydrogen-bond acceptors (Lipinski definition) is 0. The Morgan fingerprint density at radius 1 is 0.941 bits per heavy atom. The van der Waals surface area contributed by atoms with Gasteiger partial charge in [0, 0.05) is 0 Å². The lowest BCUT2D eigenvalue weighted by Gasteiger charge is -1.98. The van der Waals surface area contributed by atoms with Crippen molar-refractivity contribution in [3.05, 3.63) is 59.2 Å². The van der Waals surface area contributed by atoms with E-state index in [9.17, 15) is 0 Å². The molecule has 92 valence electrons. The highest BCUT2D eigenvalue weighted by molar-refractivity contribution is 5.21. The summed E-state index contributed by atoms with van der Waals surface area (Å²) in [5, 5.41) is 0. The summed E-state index contributed by atoms with van der Waals surface area (Å²) >= 11 is 0. The molecule has 0 spiro atoms. The van der Waals surface area contributed by atoms with Crippen molar-refractivity contribution in [2.75, 3.05) is 0 Å². The fourth-order valence-electron chi connectivity index (χ4n) is 1.71. The van der Waals surface area contributed by atoms with Gasteiger partial charge in [0.25, 0.3) is 0 Å². The van der Waals surface area contributed by atoms with Crippen molar-refractivity contribution in [3.8, 4) is 0 Å². The van der Waals surface area contributed by atoms with Crippen LogP contribution in [0.5, 0.6) is 0 Å². The van der Waals surface area contributed by atoms with Crippen molar-refractivity contribution in [2.45, 2.75) is 46.5 Å². The maximum absolute atomic E-state index is 2.30. The second-order valence-corrected chi connectivity index (χ2v) is 4.85. The maximum atomic E-state index is 2.30. The van der Waals surface area contributed by atoms with E-state index in [2.05, 4.69) is 63.3 Å². The molecule has 0 bridgehead atoms. The molecule has 0 heteroatoms. The first-order chi connectivity index (χ1) is 8.18. The summed E-state index contributed by atoms with van der Waals surface area (Å²) in [6.45, 7) is 6.44. The third-order valence-corrected chi connectivity index (χ3v) is 2.77. The smallest absolute Gasteiger partial charge is 0.0244 e. The van der Waals surface area contributed by atoms with E-state index in [4.69, 9.17) is 0 Å². The van der Waals surface area contributed by atoms with Crippen LogP contribution in [0.1, 0.15) is 44.2 Å². The van der Waals surface area contributed by atoms with E-state index in [-0.39, 0.29) is 0 Å². The summed E-state index contributed by atoms with van der Waals surface area (Å²) in [7, 11) is 0. The largest absolute Gasteiger partial charge is 0.0882 e. The third-order valence-electron chi connectivity index (χ3n) is 2.77. The van der Waals surface area contributed by atoms with E-state index < -0.39 is 0 Å². The Morgan fingerprint density at radius 3 is 2.24 bits per heavy atom. The lowest BCUT2D eigenvalue weighted by atomic mass is 10.1. The zero-order chi connectivity index (χ0) is 12.5. The molecule has 0 aliphatic carbocycles. The third kappa shape index (κ3) is 6.78. The molecule has 0 aliphatic rings. The Balaban J connectivity index is 2.17. The number of unbranched alkanes of at least 4 members (excludes halogenated alkanes) is 1. The highest BCUT2D eigenvalue weighted by atomic mass is 14.0. The summed E-state index contributed by atoms with van der Waals surface area (Å²) in [6, 6.07) is 8.83.